The van der Waals surface area contributed by atoms with Crippen molar-refractivity contribution in [2.45, 2.75) is 6.42 Å². The van der Waals surface area contributed by atoms with Crippen LogP contribution >= 0.6 is 0 Å². The first-order valence-electron chi connectivity index (χ1n) is 3.23. The summed E-state index contributed by atoms with van der Waals surface area (Å²) in [6.07, 6.45) is 0.565. The molecule has 0 atom stereocenters. The molecule has 1 aliphatic rings. The molecule has 1 amide bonds. The van der Waals surface area contributed by atoms with Gasteiger partial charge in [-0.1, -0.05) is 0 Å². The topological polar surface area (TPSA) is 44.7 Å². The van der Waals surface area contributed by atoms with E-state index in [0.717, 1.165) is 0 Å². The van der Waals surface area contributed by atoms with E-state index in [1.807, 2.05) is 0 Å². The maximum Gasteiger partial charge on any atom is 0.230 e. The minimum absolute atomic E-state index is 0.124. The lowest BCUT2D eigenvalue weighted by molar-refractivity contribution is -0.127. The molecular weight excluding hydrogens is 130 g/mol. The monoisotopic (exact) mass is 141 g/mol. The average Bonchev–Trinajstić information content (AvgIpc) is 1.95. The number of carbonyl (C=O) groups is 1. The van der Waals surface area contributed by atoms with E-state index in [2.05, 4.69) is 10.3 Å². The maximum absolute atomic E-state index is 11.0. The van der Waals surface area contributed by atoms with Crippen molar-refractivity contribution in [3.63, 3.8) is 0 Å². The maximum atomic E-state index is 11.0. The molecule has 56 valence electrons. The molecule has 1 N–H and O–H groups in total. The standard InChI is InChI=1S/C6H11N3O/c1-7-6-8-4-3-5(10)9(6)2/h3-4H2,1-2H3,(H,7,8). The second kappa shape index (κ2) is 2.68. The third kappa shape index (κ3) is 1.10. The van der Waals surface area contributed by atoms with Gasteiger partial charge in [0, 0.05) is 27.1 Å². The first-order chi connectivity index (χ1) is 4.75. The molecular formula is C6H11N3O. The highest BCUT2D eigenvalue weighted by Crippen LogP contribution is 1.96. The smallest absolute Gasteiger partial charge is 0.230 e. The highest BCUT2D eigenvalue weighted by molar-refractivity contribution is 5.98. The van der Waals surface area contributed by atoms with E-state index in [0.29, 0.717) is 18.9 Å². The molecule has 4 nitrogen and oxygen atoms in total. The lowest BCUT2D eigenvalue weighted by Crippen LogP contribution is -2.48. The molecule has 1 heterocycles. The van der Waals surface area contributed by atoms with Gasteiger partial charge in [-0.15, -0.1) is 0 Å². The summed E-state index contributed by atoms with van der Waals surface area (Å²) in [6, 6.07) is 0. The predicted molar refractivity (Wildman–Crippen MR) is 38.7 cm³/mol. The minimum atomic E-state index is 0.124. The van der Waals surface area contributed by atoms with E-state index in [9.17, 15) is 4.79 Å². The Morgan fingerprint density at radius 1 is 1.70 bits per heavy atom. The van der Waals surface area contributed by atoms with Crippen LogP contribution in [0.4, 0.5) is 0 Å². The van der Waals surface area contributed by atoms with Crippen LogP contribution in [-0.4, -0.2) is 37.4 Å². The minimum Gasteiger partial charge on any atom is -0.355 e. The molecule has 0 unspecified atom stereocenters. The Morgan fingerprint density at radius 3 is 2.90 bits per heavy atom. The highest BCUT2D eigenvalue weighted by Gasteiger charge is 2.18. The first-order valence-corrected chi connectivity index (χ1v) is 3.23. The summed E-state index contributed by atoms with van der Waals surface area (Å²) in [5.74, 6) is 0.788. The molecule has 0 bridgehead atoms. The van der Waals surface area contributed by atoms with Gasteiger partial charge in [-0.3, -0.25) is 14.7 Å². The molecule has 0 aromatic carbocycles. The van der Waals surface area contributed by atoms with Gasteiger partial charge in [0.25, 0.3) is 0 Å². The van der Waals surface area contributed by atoms with Crippen LogP contribution in [0.3, 0.4) is 0 Å². The van der Waals surface area contributed by atoms with Crippen molar-refractivity contribution in [2.24, 2.45) is 4.99 Å². The van der Waals surface area contributed by atoms with Crippen LogP contribution in [0.15, 0.2) is 4.99 Å². The number of amides is 1. The van der Waals surface area contributed by atoms with Gasteiger partial charge in [0.1, 0.15) is 0 Å². The molecule has 1 aliphatic heterocycles. The Labute approximate surface area is 59.9 Å². The zero-order chi connectivity index (χ0) is 7.56. The fourth-order valence-electron chi connectivity index (χ4n) is 0.915. The molecule has 0 saturated carbocycles. The molecule has 0 aliphatic carbocycles. The van der Waals surface area contributed by atoms with Crippen molar-refractivity contribution in [1.82, 2.24) is 10.2 Å². The fourth-order valence-corrected chi connectivity index (χ4v) is 0.915. The quantitative estimate of drug-likeness (QED) is 0.490. The highest BCUT2D eigenvalue weighted by atomic mass is 16.2. The van der Waals surface area contributed by atoms with E-state index in [1.165, 1.54) is 4.90 Å². The van der Waals surface area contributed by atoms with E-state index in [-0.39, 0.29) is 5.91 Å². The second-order valence-electron chi connectivity index (χ2n) is 2.18. The summed E-state index contributed by atoms with van der Waals surface area (Å²) >= 11 is 0. The van der Waals surface area contributed by atoms with E-state index < -0.39 is 0 Å². The molecule has 4 heteroatoms. The van der Waals surface area contributed by atoms with E-state index in [4.69, 9.17) is 0 Å². The third-order valence-electron chi connectivity index (χ3n) is 1.53. The first kappa shape index (κ1) is 7.05. The number of guanidine groups is 1. The number of hydrogen-bond donors (Lipinski definition) is 1. The summed E-state index contributed by atoms with van der Waals surface area (Å²) in [5, 5.41) is 3.00. The SMILES string of the molecule is CN=C1NCCC(=O)N1C. The predicted octanol–water partition coefficient (Wildman–Crippen LogP) is -0.576. The van der Waals surface area contributed by atoms with Crippen LogP contribution in [-0.2, 0) is 4.79 Å². The van der Waals surface area contributed by atoms with Gasteiger partial charge < -0.3 is 5.32 Å². The van der Waals surface area contributed by atoms with Gasteiger partial charge in [0.2, 0.25) is 5.91 Å². The molecule has 1 rings (SSSR count). The van der Waals surface area contributed by atoms with Crippen LogP contribution in [0.25, 0.3) is 0 Å². The lowest BCUT2D eigenvalue weighted by atomic mass is 10.3. The Morgan fingerprint density at radius 2 is 2.40 bits per heavy atom. The largest absolute Gasteiger partial charge is 0.355 e. The molecule has 0 aromatic heterocycles. The fraction of sp³-hybridized carbons (Fsp3) is 0.667. The van der Waals surface area contributed by atoms with Crippen LogP contribution < -0.4 is 5.32 Å². The molecule has 10 heavy (non-hydrogen) atoms. The second-order valence-corrected chi connectivity index (χ2v) is 2.18. The number of aliphatic imine (C=N–C) groups is 1. The summed E-state index contributed by atoms with van der Waals surface area (Å²) in [5.41, 5.74) is 0. The van der Waals surface area contributed by atoms with Gasteiger partial charge >= 0.3 is 0 Å². The lowest BCUT2D eigenvalue weighted by Gasteiger charge is -2.24. The Balaban J connectivity index is 2.69. The number of nitrogens with zero attached hydrogens (tertiary/aromatic N) is 2. The zero-order valence-electron chi connectivity index (χ0n) is 6.22. The van der Waals surface area contributed by atoms with Crippen LogP contribution in [0.2, 0.25) is 0 Å². The van der Waals surface area contributed by atoms with E-state index in [1.54, 1.807) is 14.1 Å². The van der Waals surface area contributed by atoms with Crippen molar-refractivity contribution >= 4 is 11.9 Å². The van der Waals surface area contributed by atoms with Crippen molar-refractivity contribution in [2.75, 3.05) is 20.6 Å². The summed E-state index contributed by atoms with van der Waals surface area (Å²) in [6.45, 7) is 0.704. The van der Waals surface area contributed by atoms with Gasteiger partial charge in [-0.25, -0.2) is 0 Å². The van der Waals surface area contributed by atoms with Gasteiger partial charge in [-0.05, 0) is 0 Å². The number of rotatable bonds is 0. The average molecular weight is 141 g/mol. The Kier molecular flexibility index (Phi) is 1.89. The number of nitrogens with one attached hydrogen (secondary N) is 1. The summed E-state index contributed by atoms with van der Waals surface area (Å²) < 4.78 is 0. The van der Waals surface area contributed by atoms with Crippen LogP contribution in [0.5, 0.6) is 0 Å². The van der Waals surface area contributed by atoms with Crippen molar-refractivity contribution in [3.05, 3.63) is 0 Å². The van der Waals surface area contributed by atoms with Gasteiger partial charge in [0.05, 0.1) is 0 Å². The molecule has 0 radical (unpaired) electrons. The van der Waals surface area contributed by atoms with Crippen LogP contribution in [0.1, 0.15) is 6.42 Å². The normalized spacial score (nSPS) is 23.2. The van der Waals surface area contributed by atoms with Crippen LogP contribution in [0, 0.1) is 0 Å². The molecule has 0 spiro atoms. The number of carbonyl (C=O) groups excluding carboxylic acids is 1. The van der Waals surface area contributed by atoms with Crippen molar-refractivity contribution < 1.29 is 4.79 Å². The van der Waals surface area contributed by atoms with Crippen molar-refractivity contribution in [1.29, 1.82) is 0 Å². The van der Waals surface area contributed by atoms with Gasteiger partial charge in [-0.2, -0.15) is 0 Å². The Hall–Kier alpha value is -1.06. The molecule has 0 aromatic rings. The molecule has 1 saturated heterocycles. The van der Waals surface area contributed by atoms with E-state index >= 15 is 0 Å². The Bertz CT molecular complexity index is 176. The van der Waals surface area contributed by atoms with Gasteiger partial charge in [0.15, 0.2) is 5.96 Å². The third-order valence-corrected chi connectivity index (χ3v) is 1.53. The number of hydrogen-bond acceptors (Lipinski definition) is 2. The summed E-state index contributed by atoms with van der Waals surface area (Å²) in [7, 11) is 3.38. The summed E-state index contributed by atoms with van der Waals surface area (Å²) in [4.78, 5) is 16.4. The van der Waals surface area contributed by atoms with Crippen molar-refractivity contribution in [3.8, 4) is 0 Å². The molecule has 1 fully saturated rings. The zero-order valence-corrected chi connectivity index (χ0v) is 6.22.